The van der Waals surface area contributed by atoms with Crippen LogP contribution in [0.5, 0.6) is 0 Å². The number of rotatable bonds is 7. The van der Waals surface area contributed by atoms with Gasteiger partial charge in [-0.2, -0.15) is 0 Å². The highest BCUT2D eigenvalue weighted by Crippen LogP contribution is 2.27. The molecule has 0 spiro atoms. The van der Waals surface area contributed by atoms with Gasteiger partial charge in [-0.25, -0.2) is 13.1 Å². The Kier molecular flexibility index (Phi) is 4.90. The molecule has 4 rings (SSSR count). The Hall–Kier alpha value is -1.64. The standard InChI is InChI=1S/C18H26N4O3S/c1-14-9-16(20-25-14)12-21-10-15(11-22-8-2-3-17(22)13-21)6-7-19-26(23,24)18-4-5-18/h2-3,8-9,15,18-19H,4-7,10-13H2,1H3/t15-/m0/s1. The number of fused-ring (bicyclic) bond motifs is 1. The third-order valence-corrected chi connectivity index (χ3v) is 7.12. The molecule has 8 heteroatoms. The van der Waals surface area contributed by atoms with E-state index in [1.165, 1.54) is 5.69 Å². The summed E-state index contributed by atoms with van der Waals surface area (Å²) in [6.07, 6.45) is 4.55. The van der Waals surface area contributed by atoms with E-state index in [4.69, 9.17) is 4.52 Å². The van der Waals surface area contributed by atoms with Crippen LogP contribution in [0.4, 0.5) is 0 Å². The van der Waals surface area contributed by atoms with Crippen molar-refractivity contribution >= 4 is 10.0 Å². The van der Waals surface area contributed by atoms with Crippen molar-refractivity contribution in [3.05, 3.63) is 41.5 Å². The molecule has 3 heterocycles. The van der Waals surface area contributed by atoms with E-state index >= 15 is 0 Å². The average molecular weight is 378 g/mol. The Bertz CT molecular complexity index is 853. The van der Waals surface area contributed by atoms with Gasteiger partial charge in [0.1, 0.15) is 5.76 Å². The van der Waals surface area contributed by atoms with Crippen molar-refractivity contribution in [2.75, 3.05) is 13.1 Å². The number of nitrogens with zero attached hydrogens (tertiary/aromatic N) is 3. The van der Waals surface area contributed by atoms with Crippen LogP contribution in [0, 0.1) is 12.8 Å². The second-order valence-electron chi connectivity index (χ2n) is 7.54. The van der Waals surface area contributed by atoms with Crippen LogP contribution in [0.3, 0.4) is 0 Å². The zero-order valence-corrected chi connectivity index (χ0v) is 15.9. The Balaban J connectivity index is 1.40. The SMILES string of the molecule is Cc1cc(CN2Cc3cccn3C[C@@H](CCNS(=O)(=O)C3CC3)C2)no1. The first kappa shape index (κ1) is 17.8. The summed E-state index contributed by atoms with van der Waals surface area (Å²) in [5.74, 6) is 1.21. The predicted octanol–water partition coefficient (Wildman–Crippen LogP) is 1.89. The molecule has 26 heavy (non-hydrogen) atoms. The molecule has 0 bridgehead atoms. The van der Waals surface area contributed by atoms with E-state index in [1.807, 2.05) is 13.0 Å². The van der Waals surface area contributed by atoms with Gasteiger partial charge in [0.15, 0.2) is 0 Å². The van der Waals surface area contributed by atoms with E-state index in [2.05, 4.69) is 37.7 Å². The molecule has 1 fully saturated rings. The minimum atomic E-state index is -3.10. The van der Waals surface area contributed by atoms with Crippen LogP contribution in [0.15, 0.2) is 28.9 Å². The van der Waals surface area contributed by atoms with Crippen LogP contribution in [-0.2, 0) is 29.7 Å². The van der Waals surface area contributed by atoms with Gasteiger partial charge in [-0.3, -0.25) is 4.90 Å². The minimum Gasteiger partial charge on any atom is -0.361 e. The molecule has 142 valence electrons. The number of aryl methyl sites for hydroxylation is 1. The largest absolute Gasteiger partial charge is 0.361 e. The molecular formula is C18H26N4O3S. The van der Waals surface area contributed by atoms with Gasteiger partial charge in [-0.1, -0.05) is 5.16 Å². The fourth-order valence-electron chi connectivity index (χ4n) is 3.69. The van der Waals surface area contributed by atoms with Crippen LogP contribution in [0.1, 0.15) is 36.4 Å². The number of nitrogens with one attached hydrogen (secondary N) is 1. The second kappa shape index (κ2) is 7.17. The lowest BCUT2D eigenvalue weighted by Crippen LogP contribution is -2.32. The van der Waals surface area contributed by atoms with Crippen molar-refractivity contribution in [3.8, 4) is 0 Å². The number of hydrogen-bond acceptors (Lipinski definition) is 5. The number of sulfonamides is 1. The Labute approximate surface area is 154 Å². The summed E-state index contributed by atoms with van der Waals surface area (Å²) in [5, 5.41) is 3.96. The molecule has 1 atom stereocenters. The Morgan fingerprint density at radius 2 is 2.19 bits per heavy atom. The number of aromatic nitrogens is 2. The second-order valence-corrected chi connectivity index (χ2v) is 9.59. The van der Waals surface area contributed by atoms with Gasteiger partial charge in [0.2, 0.25) is 10.0 Å². The molecule has 2 aliphatic rings. The van der Waals surface area contributed by atoms with Crippen LogP contribution < -0.4 is 4.72 Å². The third kappa shape index (κ3) is 4.19. The summed E-state index contributed by atoms with van der Waals surface area (Å²) in [5.41, 5.74) is 2.22. The Morgan fingerprint density at radius 3 is 2.92 bits per heavy atom. The van der Waals surface area contributed by atoms with Crippen LogP contribution in [0.25, 0.3) is 0 Å². The summed E-state index contributed by atoms with van der Waals surface area (Å²) in [6.45, 7) is 5.85. The van der Waals surface area contributed by atoms with E-state index in [0.29, 0.717) is 12.5 Å². The molecule has 2 aromatic rings. The topological polar surface area (TPSA) is 80.4 Å². The van der Waals surface area contributed by atoms with E-state index in [1.54, 1.807) is 0 Å². The van der Waals surface area contributed by atoms with E-state index in [9.17, 15) is 8.42 Å². The maximum Gasteiger partial charge on any atom is 0.214 e. The first-order chi connectivity index (χ1) is 12.5. The monoisotopic (exact) mass is 378 g/mol. The summed E-state index contributed by atoms with van der Waals surface area (Å²) >= 11 is 0. The van der Waals surface area contributed by atoms with Crippen molar-refractivity contribution in [2.45, 2.75) is 51.1 Å². The van der Waals surface area contributed by atoms with Gasteiger partial charge in [0.25, 0.3) is 0 Å². The third-order valence-electron chi connectivity index (χ3n) is 5.16. The van der Waals surface area contributed by atoms with Gasteiger partial charge in [0.05, 0.1) is 10.9 Å². The fourth-order valence-corrected chi connectivity index (χ4v) is 5.09. The maximum absolute atomic E-state index is 12.0. The first-order valence-corrected chi connectivity index (χ1v) is 10.8. The molecule has 1 saturated carbocycles. The summed E-state index contributed by atoms with van der Waals surface area (Å²) in [7, 11) is -3.10. The molecule has 1 N–H and O–H groups in total. The van der Waals surface area contributed by atoms with Crippen molar-refractivity contribution < 1.29 is 12.9 Å². The molecular weight excluding hydrogens is 352 g/mol. The smallest absolute Gasteiger partial charge is 0.214 e. The lowest BCUT2D eigenvalue weighted by Gasteiger charge is -2.23. The van der Waals surface area contributed by atoms with Crippen LogP contribution in [0.2, 0.25) is 0 Å². The van der Waals surface area contributed by atoms with Gasteiger partial charge < -0.3 is 9.09 Å². The molecule has 1 aliphatic heterocycles. The molecule has 0 saturated heterocycles. The summed E-state index contributed by atoms with van der Waals surface area (Å²) < 4.78 is 34.3. The molecule has 0 aromatic carbocycles. The maximum atomic E-state index is 12.0. The van der Waals surface area contributed by atoms with Crippen LogP contribution >= 0.6 is 0 Å². The zero-order chi connectivity index (χ0) is 18.1. The summed E-state index contributed by atoms with van der Waals surface area (Å²) in [4.78, 5) is 2.37. The minimum absolute atomic E-state index is 0.153. The first-order valence-electron chi connectivity index (χ1n) is 9.26. The van der Waals surface area contributed by atoms with Gasteiger partial charge in [0, 0.05) is 50.7 Å². The fraction of sp³-hybridized carbons (Fsp3) is 0.611. The van der Waals surface area contributed by atoms with Gasteiger partial charge in [-0.05, 0) is 44.2 Å². The highest BCUT2D eigenvalue weighted by molar-refractivity contribution is 7.90. The quantitative estimate of drug-likeness (QED) is 0.796. The predicted molar refractivity (Wildman–Crippen MR) is 97.8 cm³/mol. The molecule has 0 unspecified atom stereocenters. The molecule has 2 aromatic heterocycles. The van der Waals surface area contributed by atoms with Gasteiger partial charge in [-0.15, -0.1) is 0 Å². The molecule has 7 nitrogen and oxygen atoms in total. The van der Waals surface area contributed by atoms with Crippen LogP contribution in [-0.4, -0.2) is 41.4 Å². The normalized spacial score (nSPS) is 21.5. The molecule has 1 aliphatic carbocycles. The van der Waals surface area contributed by atoms with Crippen molar-refractivity contribution in [2.24, 2.45) is 5.92 Å². The summed E-state index contributed by atoms with van der Waals surface area (Å²) in [6, 6.07) is 6.20. The van der Waals surface area contributed by atoms with Gasteiger partial charge >= 0.3 is 0 Å². The molecule has 0 radical (unpaired) electrons. The average Bonchev–Trinajstić information content (AvgIpc) is 3.29. The molecule has 0 amide bonds. The number of hydrogen-bond donors (Lipinski definition) is 1. The van der Waals surface area contributed by atoms with E-state index < -0.39 is 10.0 Å². The van der Waals surface area contributed by atoms with Crippen molar-refractivity contribution in [1.82, 2.24) is 19.3 Å². The van der Waals surface area contributed by atoms with Crippen molar-refractivity contribution in [1.29, 1.82) is 0 Å². The van der Waals surface area contributed by atoms with E-state index in [0.717, 1.165) is 56.9 Å². The Morgan fingerprint density at radius 1 is 1.35 bits per heavy atom. The highest BCUT2D eigenvalue weighted by atomic mass is 32.2. The lowest BCUT2D eigenvalue weighted by atomic mass is 10.1. The lowest BCUT2D eigenvalue weighted by molar-refractivity contribution is 0.210. The highest BCUT2D eigenvalue weighted by Gasteiger charge is 2.35. The zero-order valence-electron chi connectivity index (χ0n) is 15.1. The van der Waals surface area contributed by atoms with E-state index in [-0.39, 0.29) is 5.25 Å². The van der Waals surface area contributed by atoms with Crippen molar-refractivity contribution in [3.63, 3.8) is 0 Å².